The molecular formula is C8H7NO2. The van der Waals surface area contributed by atoms with Crippen LogP contribution in [-0.2, 0) is 0 Å². The van der Waals surface area contributed by atoms with Crippen molar-refractivity contribution in [2.45, 2.75) is 0 Å². The van der Waals surface area contributed by atoms with E-state index in [0.717, 1.165) is 10.8 Å². The van der Waals surface area contributed by atoms with Crippen LogP contribution < -0.4 is 0 Å². The maximum atomic E-state index is 5.18. The first-order valence-corrected chi connectivity index (χ1v) is 3.28. The summed E-state index contributed by atoms with van der Waals surface area (Å²) in [6, 6.07) is 3.56. The first-order valence-electron chi connectivity index (χ1n) is 3.28. The standard InChI is InChI=1S/C8H7NO2/c1-4-10-5-2-8-7(1)9-3-6-11-8/h1-6,9H. The minimum atomic E-state index is 0.765. The van der Waals surface area contributed by atoms with Gasteiger partial charge < -0.3 is 13.8 Å². The molecule has 0 bridgehead atoms. The molecule has 0 aromatic rings. The fraction of sp³-hybridized carbons (Fsp3) is 0. The summed E-state index contributed by atoms with van der Waals surface area (Å²) in [5, 5.41) is 0.904. The van der Waals surface area contributed by atoms with Crippen molar-refractivity contribution in [2.24, 2.45) is 0 Å². The number of rotatable bonds is 0. The molecule has 3 heteroatoms. The van der Waals surface area contributed by atoms with Crippen LogP contribution in [0.3, 0.4) is 0 Å². The van der Waals surface area contributed by atoms with Crippen LogP contribution in [0.25, 0.3) is 0 Å². The molecule has 0 spiro atoms. The van der Waals surface area contributed by atoms with E-state index < -0.39 is 0 Å². The molecule has 0 aromatic carbocycles. The maximum absolute atomic E-state index is 5.18. The van der Waals surface area contributed by atoms with Gasteiger partial charge in [-0.25, -0.2) is 0 Å². The van der Waals surface area contributed by atoms with Crippen molar-refractivity contribution in [1.82, 2.24) is 4.98 Å². The fourth-order valence-electron chi connectivity index (χ4n) is 0.879. The number of nitrogens with one attached hydrogen (secondary N) is 1. The largest absolute Gasteiger partial charge is 0.472 e. The van der Waals surface area contributed by atoms with Gasteiger partial charge in [0.1, 0.15) is 6.26 Å². The molecule has 0 aromatic heterocycles. The smallest absolute Gasteiger partial charge is 0.153 e. The summed E-state index contributed by atoms with van der Waals surface area (Å²) in [6.07, 6.45) is 6.47. The molecule has 2 aliphatic rings. The summed E-state index contributed by atoms with van der Waals surface area (Å²) < 4.78 is 10.1. The summed E-state index contributed by atoms with van der Waals surface area (Å²) in [6.45, 7) is 0. The van der Waals surface area contributed by atoms with Crippen molar-refractivity contribution < 1.29 is 8.83 Å². The first kappa shape index (κ1) is 6.09. The molecule has 0 unspecified atom stereocenters. The van der Waals surface area contributed by atoms with Gasteiger partial charge in [0.2, 0.25) is 0 Å². The van der Waals surface area contributed by atoms with Crippen LogP contribution in [0.15, 0.2) is 46.0 Å². The van der Waals surface area contributed by atoms with Crippen molar-refractivity contribution >= 4 is 0 Å². The highest BCUT2D eigenvalue weighted by atomic mass is 16.3. The molecule has 2 aliphatic heterocycles. The third kappa shape index (κ3) is 1.12. The molecule has 2 rings (SSSR count). The highest BCUT2D eigenvalue weighted by molar-refractivity contribution is 4.91. The molecule has 56 valence electrons. The van der Waals surface area contributed by atoms with Crippen molar-refractivity contribution in [3.8, 4) is 0 Å². The Morgan fingerprint density at radius 2 is 2.00 bits per heavy atom. The molecular weight excluding hydrogens is 142 g/mol. The van der Waals surface area contributed by atoms with Crippen LogP contribution in [0.2, 0.25) is 0 Å². The third-order valence-electron chi connectivity index (χ3n) is 1.38. The Kier molecular flexibility index (Phi) is 1.41. The molecule has 0 saturated carbocycles. The Labute approximate surface area is 62.6 Å². The Balaban J connectivity index is 3.02. The van der Waals surface area contributed by atoms with Gasteiger partial charge in [-0.15, -0.1) is 0 Å². The molecule has 1 N–H and O–H groups in total. The number of hydrogen-bond donors (Lipinski definition) is 1. The zero-order valence-electron chi connectivity index (χ0n) is 5.78. The molecule has 0 radical (unpaired) electrons. The van der Waals surface area contributed by atoms with E-state index >= 15 is 0 Å². The zero-order chi connectivity index (χ0) is 7.52. The van der Waals surface area contributed by atoms with E-state index in [1.54, 1.807) is 37.1 Å². The number of hydrogen-bond acceptors (Lipinski definition) is 2. The van der Waals surface area contributed by atoms with Crippen LogP contribution in [0, 0.1) is 10.8 Å². The van der Waals surface area contributed by atoms with Gasteiger partial charge in [-0.05, 0) is 0 Å². The molecule has 2 heterocycles. The van der Waals surface area contributed by atoms with Crippen LogP contribution in [0.4, 0.5) is 0 Å². The monoisotopic (exact) mass is 149 g/mol. The van der Waals surface area contributed by atoms with E-state index in [2.05, 4.69) is 4.98 Å². The van der Waals surface area contributed by atoms with Gasteiger partial charge in [-0.2, -0.15) is 0 Å². The lowest BCUT2D eigenvalue weighted by molar-refractivity contribution is 0.507. The molecule has 0 aliphatic carbocycles. The number of aromatic nitrogens is 1. The van der Waals surface area contributed by atoms with Gasteiger partial charge in [0.15, 0.2) is 5.42 Å². The highest BCUT2D eigenvalue weighted by Gasteiger charge is 1.82. The number of H-pyrrole nitrogens is 1. The summed E-state index contributed by atoms with van der Waals surface area (Å²) in [7, 11) is 0. The summed E-state index contributed by atoms with van der Waals surface area (Å²) in [5.41, 5.74) is 0.765. The van der Waals surface area contributed by atoms with Gasteiger partial charge in [0.05, 0.1) is 17.9 Å². The normalized spacial score (nSPS) is 9.82. The summed E-state index contributed by atoms with van der Waals surface area (Å²) in [5.74, 6) is 0. The van der Waals surface area contributed by atoms with Crippen LogP contribution in [0.5, 0.6) is 0 Å². The Hall–Kier alpha value is -1.64. The lowest BCUT2D eigenvalue weighted by atomic mass is 10.5. The molecule has 0 saturated heterocycles. The predicted molar refractivity (Wildman–Crippen MR) is 38.3 cm³/mol. The molecule has 11 heavy (non-hydrogen) atoms. The van der Waals surface area contributed by atoms with Crippen molar-refractivity contribution in [3.05, 3.63) is 47.9 Å². The summed E-state index contributed by atoms with van der Waals surface area (Å²) >= 11 is 0. The maximum Gasteiger partial charge on any atom is 0.153 e. The van der Waals surface area contributed by atoms with Crippen molar-refractivity contribution in [3.63, 3.8) is 0 Å². The van der Waals surface area contributed by atoms with Crippen molar-refractivity contribution in [2.75, 3.05) is 0 Å². The minimum Gasteiger partial charge on any atom is -0.472 e. The van der Waals surface area contributed by atoms with Crippen molar-refractivity contribution in [1.29, 1.82) is 0 Å². The molecule has 3 nitrogen and oxygen atoms in total. The second-order valence-corrected chi connectivity index (χ2v) is 2.08. The molecule has 0 fully saturated rings. The summed E-state index contributed by atoms with van der Waals surface area (Å²) in [4.78, 5) is 3.02. The SMILES string of the molecule is c1coc2ccoccc=2[nH]1. The van der Waals surface area contributed by atoms with E-state index in [4.69, 9.17) is 8.83 Å². The zero-order valence-corrected chi connectivity index (χ0v) is 5.78. The van der Waals surface area contributed by atoms with Gasteiger partial charge in [-0.1, -0.05) is 0 Å². The minimum absolute atomic E-state index is 0.765. The molecule has 0 amide bonds. The lowest BCUT2D eigenvalue weighted by Crippen LogP contribution is -1.74. The lowest BCUT2D eigenvalue weighted by Gasteiger charge is -1.84. The van der Waals surface area contributed by atoms with Gasteiger partial charge >= 0.3 is 0 Å². The van der Waals surface area contributed by atoms with E-state index in [9.17, 15) is 0 Å². The Bertz CT molecular complexity index is 383. The van der Waals surface area contributed by atoms with E-state index in [1.165, 1.54) is 0 Å². The van der Waals surface area contributed by atoms with Crippen LogP contribution >= 0.6 is 0 Å². The van der Waals surface area contributed by atoms with E-state index in [1.807, 2.05) is 0 Å². The Morgan fingerprint density at radius 1 is 1.09 bits per heavy atom. The average molecular weight is 149 g/mol. The van der Waals surface area contributed by atoms with Gasteiger partial charge in [0.25, 0.3) is 0 Å². The van der Waals surface area contributed by atoms with Crippen LogP contribution in [-0.4, -0.2) is 4.98 Å². The fourth-order valence-corrected chi connectivity index (χ4v) is 0.879. The Morgan fingerprint density at radius 3 is 3.00 bits per heavy atom. The van der Waals surface area contributed by atoms with Crippen LogP contribution in [0.1, 0.15) is 0 Å². The van der Waals surface area contributed by atoms with Gasteiger partial charge in [0, 0.05) is 18.3 Å². The second kappa shape index (κ2) is 2.54. The quantitative estimate of drug-likeness (QED) is 0.622. The highest BCUT2D eigenvalue weighted by Crippen LogP contribution is 1.93. The average Bonchev–Trinajstić information content (AvgIpc) is 2.28. The first-order chi connectivity index (χ1) is 5.47. The second-order valence-electron chi connectivity index (χ2n) is 2.08. The third-order valence-corrected chi connectivity index (χ3v) is 1.38. The number of aromatic amines is 1. The van der Waals surface area contributed by atoms with E-state index in [0.29, 0.717) is 0 Å². The molecule has 0 atom stereocenters. The predicted octanol–water partition coefficient (Wildman–Crippen LogP) is 2.05. The van der Waals surface area contributed by atoms with E-state index in [-0.39, 0.29) is 0 Å². The topological polar surface area (TPSA) is 42.1 Å². The van der Waals surface area contributed by atoms with Gasteiger partial charge in [-0.3, -0.25) is 0 Å².